The quantitative estimate of drug-likeness (QED) is 0.406. The fourth-order valence-electron chi connectivity index (χ4n) is 2.48. The number of hydrogen-bond acceptors (Lipinski definition) is 5. The molecule has 3 N–H and O–H groups in total. The van der Waals surface area contributed by atoms with E-state index in [2.05, 4.69) is 30.8 Å². The van der Waals surface area contributed by atoms with Gasteiger partial charge < -0.3 is 19.8 Å². The highest BCUT2D eigenvalue weighted by atomic mass is 19.1. The molecule has 0 spiro atoms. The molecule has 2 aromatic heterocycles. The van der Waals surface area contributed by atoms with Gasteiger partial charge in [0.1, 0.15) is 11.9 Å². The number of benzene rings is 1. The topological polar surface area (TPSA) is 100 Å². The average molecular weight is 386 g/mol. The van der Waals surface area contributed by atoms with E-state index in [0.717, 1.165) is 5.82 Å². The lowest BCUT2D eigenvalue weighted by molar-refractivity contribution is 0.214. The summed E-state index contributed by atoms with van der Waals surface area (Å²) in [7, 11) is 1.68. The van der Waals surface area contributed by atoms with E-state index in [0.29, 0.717) is 37.1 Å². The number of aliphatic imine (C=N–C) groups is 1. The molecule has 28 heavy (non-hydrogen) atoms. The summed E-state index contributed by atoms with van der Waals surface area (Å²) in [6.45, 7) is 2.94. The first-order valence-electron chi connectivity index (χ1n) is 8.96. The molecular weight excluding hydrogens is 363 g/mol. The van der Waals surface area contributed by atoms with Crippen LogP contribution >= 0.6 is 0 Å². The molecule has 0 aliphatic rings. The third-order valence-corrected chi connectivity index (χ3v) is 3.87. The number of H-pyrrole nitrogens is 1. The van der Waals surface area contributed by atoms with Crippen molar-refractivity contribution in [3.05, 3.63) is 54.3 Å². The van der Waals surface area contributed by atoms with Crippen molar-refractivity contribution in [1.29, 1.82) is 0 Å². The van der Waals surface area contributed by atoms with Gasteiger partial charge in [0.15, 0.2) is 23.3 Å². The normalized spacial score (nSPS) is 12.6. The molecule has 2 heterocycles. The lowest BCUT2D eigenvalue weighted by Crippen LogP contribution is -2.42. The molecule has 0 aliphatic carbocycles. The van der Waals surface area contributed by atoms with Crippen LogP contribution in [0, 0.1) is 5.82 Å². The monoisotopic (exact) mass is 386 g/mol. The van der Waals surface area contributed by atoms with Crippen LogP contribution in [0.4, 0.5) is 4.39 Å². The fourth-order valence-corrected chi connectivity index (χ4v) is 2.48. The SMILES string of the molecule is CN=C(NCCc1nc(-c2ccco2)n[nH]1)NCC(C)Oc1ccccc1F. The zero-order valence-electron chi connectivity index (χ0n) is 15.8. The van der Waals surface area contributed by atoms with Crippen LogP contribution in [0.2, 0.25) is 0 Å². The standard InChI is InChI=1S/C19H23FN6O2/c1-13(28-15-7-4-3-6-14(15)20)12-23-19(21-2)22-10-9-17-24-18(26-25-17)16-8-5-11-27-16/h3-8,11,13H,9-10,12H2,1-2H3,(H2,21,22,23)(H,24,25,26). The molecule has 0 aliphatic heterocycles. The van der Waals surface area contributed by atoms with Gasteiger partial charge in [-0.1, -0.05) is 12.1 Å². The first-order valence-corrected chi connectivity index (χ1v) is 8.96. The Morgan fingerprint density at radius 1 is 1.29 bits per heavy atom. The van der Waals surface area contributed by atoms with Crippen LogP contribution < -0.4 is 15.4 Å². The Bertz CT molecular complexity index is 893. The molecule has 3 aromatic rings. The van der Waals surface area contributed by atoms with Crippen molar-refractivity contribution in [2.75, 3.05) is 20.1 Å². The summed E-state index contributed by atoms with van der Waals surface area (Å²) in [6.07, 6.45) is 1.98. The van der Waals surface area contributed by atoms with E-state index >= 15 is 0 Å². The number of nitrogens with zero attached hydrogens (tertiary/aromatic N) is 3. The first-order chi connectivity index (χ1) is 13.7. The third kappa shape index (κ3) is 5.32. The Morgan fingerprint density at radius 3 is 2.89 bits per heavy atom. The highest BCUT2D eigenvalue weighted by Crippen LogP contribution is 2.16. The van der Waals surface area contributed by atoms with E-state index in [4.69, 9.17) is 9.15 Å². The maximum absolute atomic E-state index is 13.6. The van der Waals surface area contributed by atoms with Crippen molar-refractivity contribution < 1.29 is 13.5 Å². The van der Waals surface area contributed by atoms with Crippen LogP contribution in [0.15, 0.2) is 52.1 Å². The van der Waals surface area contributed by atoms with Crippen molar-refractivity contribution >= 4 is 5.96 Å². The maximum atomic E-state index is 13.6. The van der Waals surface area contributed by atoms with Gasteiger partial charge in [-0.15, -0.1) is 0 Å². The van der Waals surface area contributed by atoms with E-state index in [1.165, 1.54) is 6.07 Å². The van der Waals surface area contributed by atoms with Crippen LogP contribution in [-0.4, -0.2) is 47.4 Å². The van der Waals surface area contributed by atoms with E-state index in [-0.39, 0.29) is 17.7 Å². The number of para-hydroxylation sites is 1. The number of hydrogen-bond donors (Lipinski definition) is 3. The van der Waals surface area contributed by atoms with Gasteiger partial charge in [0.05, 0.1) is 12.8 Å². The second-order valence-corrected chi connectivity index (χ2v) is 6.07. The van der Waals surface area contributed by atoms with E-state index in [1.807, 2.05) is 13.0 Å². The first kappa shape index (κ1) is 19.4. The average Bonchev–Trinajstić information content (AvgIpc) is 3.38. The minimum Gasteiger partial charge on any atom is -0.486 e. The van der Waals surface area contributed by atoms with Crippen molar-refractivity contribution in [3.63, 3.8) is 0 Å². The number of aromatic amines is 1. The molecule has 148 valence electrons. The second kappa shape index (κ2) is 9.54. The van der Waals surface area contributed by atoms with E-state index in [1.54, 1.807) is 37.6 Å². The number of aromatic nitrogens is 3. The van der Waals surface area contributed by atoms with Gasteiger partial charge in [0, 0.05) is 20.0 Å². The van der Waals surface area contributed by atoms with Gasteiger partial charge in [-0.3, -0.25) is 10.1 Å². The van der Waals surface area contributed by atoms with Crippen LogP contribution in [0.25, 0.3) is 11.6 Å². The van der Waals surface area contributed by atoms with Crippen LogP contribution in [0.1, 0.15) is 12.7 Å². The molecule has 1 aromatic carbocycles. The number of furan rings is 1. The van der Waals surface area contributed by atoms with Gasteiger partial charge in [-0.25, -0.2) is 9.37 Å². The summed E-state index contributed by atoms with van der Waals surface area (Å²) < 4.78 is 24.5. The minimum absolute atomic E-state index is 0.234. The highest BCUT2D eigenvalue weighted by molar-refractivity contribution is 5.79. The molecule has 1 unspecified atom stereocenters. The lowest BCUT2D eigenvalue weighted by atomic mass is 10.3. The zero-order chi connectivity index (χ0) is 19.8. The molecule has 0 fully saturated rings. The molecule has 8 nitrogen and oxygen atoms in total. The Balaban J connectivity index is 1.40. The summed E-state index contributed by atoms with van der Waals surface area (Å²) >= 11 is 0. The number of ether oxygens (including phenoxy) is 1. The van der Waals surface area contributed by atoms with E-state index < -0.39 is 0 Å². The predicted octanol–water partition coefficient (Wildman–Crippen LogP) is 2.38. The second-order valence-electron chi connectivity index (χ2n) is 6.07. The molecule has 0 saturated carbocycles. The number of nitrogens with one attached hydrogen (secondary N) is 3. The van der Waals surface area contributed by atoms with Gasteiger partial charge >= 0.3 is 0 Å². The Morgan fingerprint density at radius 2 is 2.14 bits per heavy atom. The molecule has 3 rings (SSSR count). The molecule has 0 bridgehead atoms. The molecule has 0 radical (unpaired) electrons. The smallest absolute Gasteiger partial charge is 0.216 e. The summed E-state index contributed by atoms with van der Waals surface area (Å²) in [5, 5.41) is 13.4. The van der Waals surface area contributed by atoms with Gasteiger partial charge in [0.2, 0.25) is 5.82 Å². The largest absolute Gasteiger partial charge is 0.486 e. The van der Waals surface area contributed by atoms with Gasteiger partial charge in [-0.05, 0) is 31.2 Å². The van der Waals surface area contributed by atoms with E-state index in [9.17, 15) is 4.39 Å². The van der Waals surface area contributed by atoms with Crippen LogP contribution in [0.5, 0.6) is 5.75 Å². The number of halogens is 1. The summed E-state index contributed by atoms with van der Waals surface area (Å²) in [4.78, 5) is 8.55. The van der Waals surface area contributed by atoms with Crippen LogP contribution in [0.3, 0.4) is 0 Å². The number of rotatable bonds is 8. The zero-order valence-corrected chi connectivity index (χ0v) is 15.8. The fraction of sp³-hybridized carbons (Fsp3) is 0.316. The van der Waals surface area contributed by atoms with Crippen LogP contribution in [-0.2, 0) is 6.42 Å². The predicted molar refractivity (Wildman–Crippen MR) is 104 cm³/mol. The Hall–Kier alpha value is -3.36. The van der Waals surface area contributed by atoms with Gasteiger partial charge in [0.25, 0.3) is 0 Å². The minimum atomic E-state index is -0.377. The molecule has 1 atom stereocenters. The van der Waals surface area contributed by atoms with Crippen molar-refractivity contribution in [2.24, 2.45) is 4.99 Å². The molecule has 9 heteroatoms. The molecule has 0 amide bonds. The summed E-state index contributed by atoms with van der Waals surface area (Å²) in [5.41, 5.74) is 0. The molecular formula is C19H23FN6O2. The Kier molecular flexibility index (Phi) is 6.61. The number of guanidine groups is 1. The Labute approximate surface area is 162 Å². The van der Waals surface area contributed by atoms with Crippen molar-refractivity contribution in [2.45, 2.75) is 19.4 Å². The summed E-state index contributed by atoms with van der Waals surface area (Å²) in [5.74, 6) is 2.37. The van der Waals surface area contributed by atoms with Crippen molar-refractivity contribution in [1.82, 2.24) is 25.8 Å². The molecule has 0 saturated heterocycles. The van der Waals surface area contributed by atoms with Crippen molar-refractivity contribution in [3.8, 4) is 17.3 Å². The highest BCUT2D eigenvalue weighted by Gasteiger charge is 2.10. The maximum Gasteiger partial charge on any atom is 0.216 e. The third-order valence-electron chi connectivity index (χ3n) is 3.87. The van der Waals surface area contributed by atoms with Gasteiger partial charge in [-0.2, -0.15) is 5.10 Å². The summed E-state index contributed by atoms with van der Waals surface area (Å²) in [6, 6.07) is 9.94. The lowest BCUT2D eigenvalue weighted by Gasteiger charge is -2.17.